The maximum absolute atomic E-state index is 12.4. The van der Waals surface area contributed by atoms with Gasteiger partial charge in [0.1, 0.15) is 0 Å². The van der Waals surface area contributed by atoms with Crippen LogP contribution < -0.4 is 0 Å². The summed E-state index contributed by atoms with van der Waals surface area (Å²) in [6, 6.07) is 17.6. The van der Waals surface area contributed by atoms with E-state index in [1.54, 1.807) is 0 Å². The van der Waals surface area contributed by atoms with Gasteiger partial charge in [-0.2, -0.15) is 0 Å². The molecule has 0 unspecified atom stereocenters. The molecule has 1 amide bonds. The zero-order chi connectivity index (χ0) is 14.4. The Morgan fingerprint density at radius 3 is 2.40 bits per heavy atom. The highest BCUT2D eigenvalue weighted by Crippen LogP contribution is 2.14. The maximum atomic E-state index is 12.4. The molecule has 104 valence electrons. The summed E-state index contributed by atoms with van der Waals surface area (Å²) in [6.07, 6.45) is 0.768. The molecule has 0 aliphatic heterocycles. The molecule has 0 heterocycles. The number of hydrogen-bond donors (Lipinski definition) is 0. The van der Waals surface area contributed by atoms with E-state index in [2.05, 4.69) is 22.6 Å². The van der Waals surface area contributed by atoms with Gasteiger partial charge in [0.15, 0.2) is 0 Å². The fraction of sp³-hybridized carbons (Fsp3) is 0.188. The lowest BCUT2D eigenvalue weighted by atomic mass is 10.1. The van der Waals surface area contributed by atoms with E-state index in [-0.39, 0.29) is 5.91 Å². The molecular formula is C16H16INO2. The zero-order valence-corrected chi connectivity index (χ0v) is 13.4. The van der Waals surface area contributed by atoms with Crippen LogP contribution in [0.25, 0.3) is 0 Å². The second-order valence-electron chi connectivity index (χ2n) is 4.31. The second kappa shape index (κ2) is 7.40. The van der Waals surface area contributed by atoms with E-state index in [9.17, 15) is 4.79 Å². The lowest BCUT2D eigenvalue weighted by Gasteiger charge is -2.20. The van der Waals surface area contributed by atoms with Gasteiger partial charge in [-0.05, 0) is 46.7 Å². The topological polar surface area (TPSA) is 29.5 Å². The van der Waals surface area contributed by atoms with Crippen molar-refractivity contribution >= 4 is 28.5 Å². The Bertz CT molecular complexity index is 572. The minimum atomic E-state index is -0.103. The monoisotopic (exact) mass is 381 g/mol. The average molecular weight is 381 g/mol. The molecule has 0 aliphatic carbocycles. The van der Waals surface area contributed by atoms with Crippen molar-refractivity contribution in [2.45, 2.75) is 6.42 Å². The molecule has 4 heteroatoms. The Kier molecular flexibility index (Phi) is 5.55. The van der Waals surface area contributed by atoms with Gasteiger partial charge in [-0.15, -0.1) is 0 Å². The number of carbonyl (C=O) groups is 1. The van der Waals surface area contributed by atoms with Crippen molar-refractivity contribution in [2.75, 3.05) is 13.7 Å². The van der Waals surface area contributed by atoms with E-state index < -0.39 is 0 Å². The minimum Gasteiger partial charge on any atom is -0.274 e. The third kappa shape index (κ3) is 3.80. The Labute approximate surface area is 132 Å². The third-order valence-corrected chi connectivity index (χ3v) is 3.94. The predicted octanol–water partition coefficient (Wildman–Crippen LogP) is 3.54. The van der Waals surface area contributed by atoms with E-state index in [1.165, 1.54) is 17.7 Å². The summed E-state index contributed by atoms with van der Waals surface area (Å²) in [5, 5.41) is 1.41. The Morgan fingerprint density at radius 2 is 1.75 bits per heavy atom. The molecule has 0 bridgehead atoms. The molecule has 0 saturated heterocycles. The van der Waals surface area contributed by atoms with Crippen LogP contribution in [-0.4, -0.2) is 24.6 Å². The molecule has 2 aromatic carbocycles. The lowest BCUT2D eigenvalue weighted by molar-refractivity contribution is -0.0942. The van der Waals surface area contributed by atoms with Gasteiger partial charge in [0.05, 0.1) is 19.2 Å². The van der Waals surface area contributed by atoms with Crippen molar-refractivity contribution in [1.82, 2.24) is 5.06 Å². The van der Waals surface area contributed by atoms with E-state index in [4.69, 9.17) is 4.84 Å². The van der Waals surface area contributed by atoms with Crippen molar-refractivity contribution < 1.29 is 9.63 Å². The van der Waals surface area contributed by atoms with Crippen LogP contribution in [0.5, 0.6) is 0 Å². The highest BCUT2D eigenvalue weighted by molar-refractivity contribution is 14.1. The summed E-state index contributed by atoms with van der Waals surface area (Å²) in [5.41, 5.74) is 1.85. The first-order valence-electron chi connectivity index (χ1n) is 6.37. The molecule has 0 atom stereocenters. The normalized spacial score (nSPS) is 10.3. The number of nitrogens with zero attached hydrogens (tertiary/aromatic N) is 1. The molecule has 0 radical (unpaired) electrons. The number of carbonyl (C=O) groups excluding carboxylic acids is 1. The van der Waals surface area contributed by atoms with Crippen molar-refractivity contribution in [3.8, 4) is 0 Å². The number of benzene rings is 2. The quantitative estimate of drug-likeness (QED) is 0.586. The molecule has 0 saturated carbocycles. The number of amides is 1. The highest BCUT2D eigenvalue weighted by Gasteiger charge is 2.17. The summed E-state index contributed by atoms with van der Waals surface area (Å²) < 4.78 is 0.928. The summed E-state index contributed by atoms with van der Waals surface area (Å²) in [5.74, 6) is -0.103. The Hall–Kier alpha value is -1.40. The number of halogens is 1. The number of rotatable bonds is 5. The molecule has 2 rings (SSSR count). The molecule has 0 fully saturated rings. The molecule has 0 N–H and O–H groups in total. The van der Waals surface area contributed by atoms with Crippen molar-refractivity contribution in [3.63, 3.8) is 0 Å². The van der Waals surface area contributed by atoms with Crippen molar-refractivity contribution in [2.24, 2.45) is 0 Å². The average Bonchev–Trinajstić information content (AvgIpc) is 2.49. The Balaban J connectivity index is 2.05. The summed E-state index contributed by atoms with van der Waals surface area (Å²) in [6.45, 7) is 0.532. The fourth-order valence-corrected chi connectivity index (χ4v) is 2.54. The maximum Gasteiger partial charge on any atom is 0.278 e. The first kappa shape index (κ1) is 15.0. The van der Waals surface area contributed by atoms with Gasteiger partial charge >= 0.3 is 0 Å². The molecule has 0 aliphatic rings. The van der Waals surface area contributed by atoms with Crippen molar-refractivity contribution in [3.05, 3.63) is 69.3 Å². The smallest absolute Gasteiger partial charge is 0.274 e. The molecule has 20 heavy (non-hydrogen) atoms. The largest absolute Gasteiger partial charge is 0.278 e. The van der Waals surface area contributed by atoms with Crippen LogP contribution in [0.3, 0.4) is 0 Å². The van der Waals surface area contributed by atoms with Gasteiger partial charge in [-0.1, -0.05) is 42.5 Å². The predicted molar refractivity (Wildman–Crippen MR) is 87.4 cm³/mol. The van der Waals surface area contributed by atoms with Gasteiger partial charge < -0.3 is 0 Å². The second-order valence-corrected chi connectivity index (χ2v) is 5.47. The van der Waals surface area contributed by atoms with Gasteiger partial charge in [0.2, 0.25) is 0 Å². The number of hydrogen-bond acceptors (Lipinski definition) is 2. The minimum absolute atomic E-state index is 0.103. The van der Waals surface area contributed by atoms with Crippen LogP contribution in [0.1, 0.15) is 15.9 Å². The van der Waals surface area contributed by atoms with Crippen LogP contribution in [0.2, 0.25) is 0 Å². The SMILES string of the molecule is CON(CCc1ccccc1)C(=O)c1ccccc1I. The van der Waals surface area contributed by atoms with Crippen molar-refractivity contribution in [1.29, 1.82) is 0 Å². The van der Waals surface area contributed by atoms with Gasteiger partial charge in [0.25, 0.3) is 5.91 Å². The first-order chi connectivity index (χ1) is 9.72. The van der Waals surface area contributed by atoms with Gasteiger partial charge in [-0.25, -0.2) is 5.06 Å². The fourth-order valence-electron chi connectivity index (χ4n) is 1.92. The van der Waals surface area contributed by atoms with Gasteiger partial charge in [0, 0.05) is 3.57 Å². The molecule has 2 aromatic rings. The van der Waals surface area contributed by atoms with Crippen LogP contribution in [0.15, 0.2) is 54.6 Å². The van der Waals surface area contributed by atoms with Crippen LogP contribution >= 0.6 is 22.6 Å². The summed E-state index contributed by atoms with van der Waals surface area (Å²) in [7, 11) is 1.53. The number of hydroxylamine groups is 2. The summed E-state index contributed by atoms with van der Waals surface area (Å²) >= 11 is 2.16. The molecule has 0 aromatic heterocycles. The molecule has 3 nitrogen and oxygen atoms in total. The van der Waals surface area contributed by atoms with E-state index in [0.29, 0.717) is 12.1 Å². The first-order valence-corrected chi connectivity index (χ1v) is 7.44. The van der Waals surface area contributed by atoms with E-state index in [1.807, 2.05) is 54.6 Å². The van der Waals surface area contributed by atoms with Crippen LogP contribution in [0, 0.1) is 3.57 Å². The summed E-state index contributed by atoms with van der Waals surface area (Å²) in [4.78, 5) is 17.6. The zero-order valence-electron chi connectivity index (χ0n) is 11.3. The van der Waals surface area contributed by atoms with E-state index >= 15 is 0 Å². The highest BCUT2D eigenvalue weighted by atomic mass is 127. The van der Waals surface area contributed by atoms with Gasteiger partial charge in [-0.3, -0.25) is 9.63 Å². The Morgan fingerprint density at radius 1 is 1.10 bits per heavy atom. The lowest BCUT2D eigenvalue weighted by Crippen LogP contribution is -2.32. The van der Waals surface area contributed by atoms with Crippen LogP contribution in [-0.2, 0) is 11.3 Å². The standard InChI is InChI=1S/C16H16INO2/c1-20-18(12-11-13-7-3-2-4-8-13)16(19)14-9-5-6-10-15(14)17/h2-10H,11-12H2,1H3. The van der Waals surface area contributed by atoms with E-state index in [0.717, 1.165) is 9.99 Å². The van der Waals surface area contributed by atoms with Crippen LogP contribution in [0.4, 0.5) is 0 Å². The molecule has 0 spiro atoms. The third-order valence-electron chi connectivity index (χ3n) is 3.00. The molecular weight excluding hydrogens is 365 g/mol.